The van der Waals surface area contributed by atoms with Gasteiger partial charge in [0.2, 0.25) is 0 Å². The molecule has 0 spiro atoms. The lowest BCUT2D eigenvalue weighted by molar-refractivity contribution is -0.120. The van der Waals surface area contributed by atoms with Crippen LogP contribution < -0.4 is 25.4 Å². The van der Waals surface area contributed by atoms with Crippen molar-refractivity contribution in [3.63, 3.8) is 0 Å². The number of nitrogens with zero attached hydrogens (tertiary/aromatic N) is 1. The molecule has 1 N–H and O–H groups in total. The van der Waals surface area contributed by atoms with Crippen LogP contribution in [0.25, 0.3) is 6.08 Å². The Balaban J connectivity index is 1.63. The van der Waals surface area contributed by atoms with Crippen molar-refractivity contribution in [3.05, 3.63) is 58.1 Å². The molecule has 0 aromatic heterocycles. The molecule has 6 nitrogen and oxygen atoms in total. The lowest BCUT2D eigenvalue weighted by Gasteiger charge is -2.13. The van der Waals surface area contributed by atoms with E-state index < -0.39 is 0 Å². The summed E-state index contributed by atoms with van der Waals surface area (Å²) in [6.45, 7) is 2.34. The number of aryl methyl sites for hydroxylation is 1. The first-order valence-electron chi connectivity index (χ1n) is 8.73. The molecule has 2 amide bonds. The maximum Gasteiger partial charge on any atom is 0.253 e. The molecule has 0 fully saturated rings. The molecule has 2 aromatic rings. The molecule has 0 aliphatic carbocycles. The first kappa shape index (κ1) is 18.6. The number of carbonyl (C=O) groups is 2. The maximum atomic E-state index is 12.3. The zero-order valence-electron chi connectivity index (χ0n) is 15.6. The number of ether oxygens (including phenoxy) is 2. The quantitative estimate of drug-likeness (QED) is 0.838. The van der Waals surface area contributed by atoms with Crippen molar-refractivity contribution in [2.24, 2.45) is 10.9 Å². The van der Waals surface area contributed by atoms with Crippen molar-refractivity contribution in [1.82, 2.24) is 5.32 Å². The second-order valence-corrected chi connectivity index (χ2v) is 6.40. The van der Waals surface area contributed by atoms with Crippen molar-refractivity contribution in [2.45, 2.75) is 13.3 Å². The van der Waals surface area contributed by atoms with Crippen molar-refractivity contribution in [3.8, 4) is 11.5 Å². The highest BCUT2D eigenvalue weighted by molar-refractivity contribution is 5.95. The van der Waals surface area contributed by atoms with E-state index in [9.17, 15) is 9.59 Å². The van der Waals surface area contributed by atoms with Crippen LogP contribution in [0.5, 0.6) is 11.5 Å². The van der Waals surface area contributed by atoms with E-state index in [-0.39, 0.29) is 17.7 Å². The van der Waals surface area contributed by atoms with E-state index in [0.717, 1.165) is 10.8 Å². The molecule has 1 heterocycles. The summed E-state index contributed by atoms with van der Waals surface area (Å²) in [4.78, 5) is 28.7. The fourth-order valence-corrected chi connectivity index (χ4v) is 3.01. The second-order valence-electron chi connectivity index (χ2n) is 6.40. The van der Waals surface area contributed by atoms with Gasteiger partial charge >= 0.3 is 0 Å². The molecule has 0 radical (unpaired) electrons. The smallest absolute Gasteiger partial charge is 0.253 e. The van der Waals surface area contributed by atoms with Crippen LogP contribution in [-0.2, 0) is 4.79 Å². The van der Waals surface area contributed by atoms with Gasteiger partial charge in [-0.2, -0.15) is 0 Å². The molecule has 27 heavy (non-hydrogen) atoms. The summed E-state index contributed by atoms with van der Waals surface area (Å²) in [5, 5.41) is 4.51. The van der Waals surface area contributed by atoms with Crippen molar-refractivity contribution >= 4 is 17.9 Å². The summed E-state index contributed by atoms with van der Waals surface area (Å²) < 4.78 is 10.4. The van der Waals surface area contributed by atoms with Gasteiger partial charge in [0.05, 0.1) is 25.5 Å². The van der Waals surface area contributed by atoms with Crippen molar-refractivity contribution in [1.29, 1.82) is 0 Å². The highest BCUT2D eigenvalue weighted by Gasteiger charge is 2.18. The first-order valence-corrected chi connectivity index (χ1v) is 8.73. The minimum atomic E-state index is -0.328. The Hall–Kier alpha value is -3.15. The van der Waals surface area contributed by atoms with Crippen LogP contribution >= 0.6 is 0 Å². The molecule has 1 aliphatic rings. The summed E-state index contributed by atoms with van der Waals surface area (Å²) in [6, 6.07) is 10.8. The maximum absolute atomic E-state index is 12.3. The third kappa shape index (κ3) is 4.16. The van der Waals surface area contributed by atoms with Gasteiger partial charge in [-0.1, -0.05) is 18.2 Å². The number of carbonyl (C=O) groups excluding carboxylic acids is 2. The SMILES string of the molecule is COc1ccc(C(=O)NCCC2C=c3ccc(C)cc3=NC2=O)cc1OC. The van der Waals surface area contributed by atoms with Gasteiger partial charge in [-0.15, -0.1) is 0 Å². The molecule has 6 heteroatoms. The fraction of sp³-hybridized carbons (Fsp3) is 0.286. The minimum absolute atomic E-state index is 0.173. The van der Waals surface area contributed by atoms with Gasteiger partial charge in [0.15, 0.2) is 11.5 Å². The van der Waals surface area contributed by atoms with Gasteiger partial charge in [-0.05, 0) is 48.4 Å². The largest absolute Gasteiger partial charge is 0.493 e. The average Bonchev–Trinajstić information content (AvgIpc) is 2.67. The van der Waals surface area contributed by atoms with Crippen LogP contribution in [0.4, 0.5) is 0 Å². The Morgan fingerprint density at radius 2 is 1.89 bits per heavy atom. The zero-order chi connectivity index (χ0) is 19.4. The summed E-state index contributed by atoms with van der Waals surface area (Å²) in [6.07, 6.45) is 2.42. The van der Waals surface area contributed by atoms with Gasteiger partial charge in [-0.3, -0.25) is 9.59 Å². The van der Waals surface area contributed by atoms with E-state index in [1.54, 1.807) is 25.3 Å². The lowest BCUT2D eigenvalue weighted by atomic mass is 9.99. The fourth-order valence-electron chi connectivity index (χ4n) is 3.01. The van der Waals surface area contributed by atoms with E-state index in [4.69, 9.17) is 9.47 Å². The number of hydrogen-bond acceptors (Lipinski definition) is 4. The number of hydrogen-bond donors (Lipinski definition) is 1. The molecule has 3 rings (SSSR count). The van der Waals surface area contributed by atoms with E-state index in [1.165, 1.54) is 7.11 Å². The van der Waals surface area contributed by atoms with Crippen LogP contribution in [0.15, 0.2) is 41.4 Å². The predicted molar refractivity (Wildman–Crippen MR) is 101 cm³/mol. The van der Waals surface area contributed by atoms with Crippen LogP contribution in [0.2, 0.25) is 0 Å². The van der Waals surface area contributed by atoms with Crippen molar-refractivity contribution < 1.29 is 19.1 Å². The second kappa shape index (κ2) is 8.03. The predicted octanol–water partition coefficient (Wildman–Crippen LogP) is 1.39. The number of benzene rings is 2. The van der Waals surface area contributed by atoms with Crippen molar-refractivity contribution in [2.75, 3.05) is 20.8 Å². The molecule has 0 bridgehead atoms. The lowest BCUT2D eigenvalue weighted by Crippen LogP contribution is -2.35. The average molecular weight is 366 g/mol. The molecule has 0 saturated heterocycles. The molecular weight excluding hydrogens is 344 g/mol. The van der Waals surface area contributed by atoms with Crippen LogP contribution in [0, 0.1) is 12.8 Å². The van der Waals surface area contributed by atoms with Gasteiger partial charge in [0.25, 0.3) is 11.8 Å². The minimum Gasteiger partial charge on any atom is -0.493 e. The monoisotopic (exact) mass is 366 g/mol. The Morgan fingerprint density at radius 1 is 1.11 bits per heavy atom. The van der Waals surface area contributed by atoms with E-state index >= 15 is 0 Å². The standard InChI is InChI=1S/C21H22N2O4/c1-13-4-5-14-11-16(21(25)23-17(14)10-13)8-9-22-20(24)15-6-7-18(26-2)19(12-15)27-3/h4-7,10-12,16H,8-9H2,1-3H3,(H,22,24). The van der Waals surface area contributed by atoms with E-state index in [0.29, 0.717) is 35.4 Å². The summed E-state index contributed by atoms with van der Waals surface area (Å²) in [7, 11) is 3.06. The van der Waals surface area contributed by atoms with E-state index in [2.05, 4.69) is 10.3 Å². The molecular formula is C21H22N2O4. The number of nitrogens with one attached hydrogen (secondary N) is 1. The van der Waals surface area contributed by atoms with Crippen LogP contribution in [0.1, 0.15) is 22.3 Å². The number of fused-ring (bicyclic) bond motifs is 1. The van der Waals surface area contributed by atoms with Crippen LogP contribution in [0.3, 0.4) is 0 Å². The topological polar surface area (TPSA) is 77.0 Å². The summed E-state index contributed by atoms with van der Waals surface area (Å²) >= 11 is 0. The molecule has 140 valence electrons. The van der Waals surface area contributed by atoms with E-state index in [1.807, 2.05) is 31.2 Å². The third-order valence-corrected chi connectivity index (χ3v) is 4.50. The molecule has 1 aliphatic heterocycles. The van der Waals surface area contributed by atoms with Gasteiger partial charge < -0.3 is 14.8 Å². The Kier molecular flexibility index (Phi) is 5.54. The molecule has 1 unspecified atom stereocenters. The summed E-state index contributed by atoms with van der Waals surface area (Å²) in [5.74, 6) is 0.324. The van der Waals surface area contributed by atoms with Gasteiger partial charge in [0.1, 0.15) is 0 Å². The van der Waals surface area contributed by atoms with Crippen LogP contribution in [-0.4, -0.2) is 32.6 Å². The number of methoxy groups -OCH3 is 2. The molecule has 2 aromatic carbocycles. The van der Waals surface area contributed by atoms with Gasteiger partial charge in [0, 0.05) is 12.1 Å². The zero-order valence-corrected chi connectivity index (χ0v) is 15.6. The Bertz CT molecular complexity index is 998. The number of amides is 2. The third-order valence-electron chi connectivity index (χ3n) is 4.50. The summed E-state index contributed by atoms with van der Waals surface area (Å²) in [5.41, 5.74) is 1.54. The Labute approximate surface area is 157 Å². The van der Waals surface area contributed by atoms with Gasteiger partial charge in [-0.25, -0.2) is 4.99 Å². The molecule has 0 saturated carbocycles. The number of rotatable bonds is 6. The molecule has 1 atom stereocenters. The normalized spacial score (nSPS) is 15.2. The Morgan fingerprint density at radius 3 is 2.63 bits per heavy atom. The first-order chi connectivity index (χ1) is 13.0. The highest BCUT2D eigenvalue weighted by atomic mass is 16.5. The highest BCUT2D eigenvalue weighted by Crippen LogP contribution is 2.27.